The number of rotatable bonds is 3. The van der Waals surface area contributed by atoms with E-state index in [-0.39, 0.29) is 12.0 Å². The Labute approximate surface area is 125 Å². The molecule has 1 amide bonds. The zero-order chi connectivity index (χ0) is 13.9. The molecule has 104 valence electrons. The summed E-state index contributed by atoms with van der Waals surface area (Å²) in [7, 11) is 0. The van der Waals surface area contributed by atoms with Crippen molar-refractivity contribution in [1.29, 1.82) is 0 Å². The van der Waals surface area contributed by atoms with E-state index in [9.17, 15) is 4.79 Å². The van der Waals surface area contributed by atoms with Gasteiger partial charge in [0.1, 0.15) is 0 Å². The number of hydrogen-bond donors (Lipinski definition) is 1. The number of carbonyl (C=O) groups is 1. The lowest BCUT2D eigenvalue weighted by Gasteiger charge is -2.12. The second-order valence-corrected chi connectivity index (χ2v) is 5.69. The highest BCUT2D eigenvalue weighted by molar-refractivity contribution is 9.10. The first-order valence-corrected chi connectivity index (χ1v) is 7.48. The molecule has 2 aromatic rings. The molecule has 1 N–H and O–H groups in total. The summed E-state index contributed by atoms with van der Waals surface area (Å²) in [6.07, 6.45) is 3.90. The molecule has 1 aliphatic rings. The third-order valence-electron chi connectivity index (χ3n) is 3.48. The minimum atomic E-state index is -0.0778. The van der Waals surface area contributed by atoms with Crippen LogP contribution in [0.3, 0.4) is 0 Å². The topological polar surface area (TPSA) is 51.2 Å². The Morgan fingerprint density at radius 3 is 3.15 bits per heavy atom. The van der Waals surface area contributed by atoms with Crippen LogP contribution in [0.4, 0.5) is 0 Å². The highest BCUT2D eigenvalue weighted by atomic mass is 79.9. The third-order valence-corrected chi connectivity index (χ3v) is 4.12. The number of amides is 1. The molecular formula is C15H15BrN2O2. The van der Waals surface area contributed by atoms with Gasteiger partial charge in [-0.05, 0) is 40.9 Å². The summed E-state index contributed by atoms with van der Waals surface area (Å²) in [5, 5.41) is 3.80. The molecular weight excluding hydrogens is 320 g/mol. The summed E-state index contributed by atoms with van der Waals surface area (Å²) >= 11 is 3.46. The Balaban J connectivity index is 1.82. The summed E-state index contributed by atoms with van der Waals surface area (Å²) in [5.41, 5.74) is 1.45. The van der Waals surface area contributed by atoms with E-state index in [0.29, 0.717) is 12.1 Å². The smallest absolute Gasteiger partial charge is 0.252 e. The van der Waals surface area contributed by atoms with E-state index < -0.39 is 0 Å². The van der Waals surface area contributed by atoms with Gasteiger partial charge in [0.15, 0.2) is 0 Å². The van der Waals surface area contributed by atoms with Gasteiger partial charge in [-0.2, -0.15) is 0 Å². The van der Waals surface area contributed by atoms with Crippen molar-refractivity contribution in [1.82, 2.24) is 10.3 Å². The van der Waals surface area contributed by atoms with Gasteiger partial charge in [0, 0.05) is 29.2 Å². The lowest BCUT2D eigenvalue weighted by molar-refractivity contribution is 0.0859. The van der Waals surface area contributed by atoms with E-state index in [1.807, 2.05) is 18.2 Å². The fourth-order valence-electron chi connectivity index (χ4n) is 2.45. The number of benzene rings is 1. The van der Waals surface area contributed by atoms with Crippen LogP contribution >= 0.6 is 15.9 Å². The highest BCUT2D eigenvalue weighted by Crippen LogP contribution is 2.24. The van der Waals surface area contributed by atoms with Crippen molar-refractivity contribution in [2.24, 2.45) is 0 Å². The molecule has 2 heterocycles. The van der Waals surface area contributed by atoms with Crippen LogP contribution in [0.15, 0.2) is 34.9 Å². The fourth-order valence-corrected chi connectivity index (χ4v) is 2.91. The van der Waals surface area contributed by atoms with E-state index >= 15 is 0 Å². The summed E-state index contributed by atoms with van der Waals surface area (Å²) < 4.78 is 6.40. The molecule has 1 atom stereocenters. The fraction of sp³-hybridized carbons (Fsp3) is 0.333. The van der Waals surface area contributed by atoms with Gasteiger partial charge in [-0.3, -0.25) is 9.78 Å². The van der Waals surface area contributed by atoms with Crippen LogP contribution in [0.1, 0.15) is 23.2 Å². The monoisotopic (exact) mass is 334 g/mol. The molecule has 0 unspecified atom stereocenters. The molecule has 0 radical (unpaired) electrons. The van der Waals surface area contributed by atoms with Gasteiger partial charge in [-0.15, -0.1) is 0 Å². The quantitative estimate of drug-likeness (QED) is 0.938. The molecule has 0 saturated carbocycles. The van der Waals surface area contributed by atoms with E-state index in [1.54, 1.807) is 12.3 Å². The minimum Gasteiger partial charge on any atom is -0.376 e. The first-order chi connectivity index (χ1) is 9.75. The minimum absolute atomic E-state index is 0.0778. The first kappa shape index (κ1) is 13.5. The predicted octanol–water partition coefficient (Wildman–Crippen LogP) is 2.91. The number of fused-ring (bicyclic) bond motifs is 1. The number of nitrogens with one attached hydrogen (secondary N) is 1. The maximum atomic E-state index is 12.3. The van der Waals surface area contributed by atoms with Crippen molar-refractivity contribution in [3.63, 3.8) is 0 Å². The van der Waals surface area contributed by atoms with Crippen molar-refractivity contribution < 1.29 is 9.53 Å². The molecule has 1 aromatic carbocycles. The molecule has 1 aliphatic heterocycles. The SMILES string of the molecule is O=C(NC[C@@H]1CCCO1)c1ccnc2c(Br)cccc12. The summed E-state index contributed by atoms with van der Waals surface area (Å²) in [6.45, 7) is 1.36. The van der Waals surface area contributed by atoms with E-state index in [0.717, 1.165) is 34.8 Å². The number of nitrogens with zero attached hydrogens (tertiary/aromatic N) is 1. The summed E-state index contributed by atoms with van der Waals surface area (Å²) in [5.74, 6) is -0.0778. The standard InChI is InChI=1S/C15H15BrN2O2/c16-13-5-1-4-11-12(6-7-17-14(11)13)15(19)18-9-10-3-2-8-20-10/h1,4-7,10H,2-3,8-9H2,(H,18,19)/t10-/m0/s1. The van der Waals surface area contributed by atoms with Crippen LogP contribution in [-0.4, -0.2) is 30.1 Å². The molecule has 3 rings (SSSR count). The average Bonchev–Trinajstić information content (AvgIpc) is 2.98. The number of hydrogen-bond acceptors (Lipinski definition) is 3. The predicted molar refractivity (Wildman–Crippen MR) is 80.8 cm³/mol. The van der Waals surface area contributed by atoms with E-state index in [4.69, 9.17) is 4.74 Å². The van der Waals surface area contributed by atoms with E-state index in [2.05, 4.69) is 26.2 Å². The number of para-hydroxylation sites is 1. The van der Waals surface area contributed by atoms with E-state index in [1.165, 1.54) is 0 Å². The normalized spacial score (nSPS) is 18.4. The summed E-state index contributed by atoms with van der Waals surface area (Å²) in [4.78, 5) is 16.6. The molecule has 5 heteroatoms. The Morgan fingerprint density at radius 1 is 1.45 bits per heavy atom. The molecule has 20 heavy (non-hydrogen) atoms. The van der Waals surface area contributed by atoms with Crippen molar-refractivity contribution in [3.05, 3.63) is 40.5 Å². The largest absolute Gasteiger partial charge is 0.376 e. The van der Waals surface area contributed by atoms with Crippen LogP contribution < -0.4 is 5.32 Å². The van der Waals surface area contributed by atoms with Gasteiger partial charge >= 0.3 is 0 Å². The number of halogens is 1. The molecule has 0 aliphatic carbocycles. The number of pyridine rings is 1. The Bertz CT molecular complexity index is 639. The van der Waals surface area contributed by atoms with Gasteiger partial charge < -0.3 is 10.1 Å². The van der Waals surface area contributed by atoms with Crippen LogP contribution in [0, 0.1) is 0 Å². The molecule has 1 fully saturated rings. The van der Waals surface area contributed by atoms with Crippen LogP contribution in [0.2, 0.25) is 0 Å². The number of carbonyl (C=O) groups excluding carboxylic acids is 1. The van der Waals surface area contributed by atoms with Crippen molar-refractivity contribution in [2.75, 3.05) is 13.2 Å². The van der Waals surface area contributed by atoms with Crippen molar-refractivity contribution in [3.8, 4) is 0 Å². The Morgan fingerprint density at radius 2 is 2.35 bits per heavy atom. The Kier molecular flexibility index (Phi) is 3.98. The second-order valence-electron chi connectivity index (χ2n) is 4.84. The van der Waals surface area contributed by atoms with Gasteiger partial charge in [0.25, 0.3) is 5.91 Å². The van der Waals surface area contributed by atoms with Gasteiger partial charge in [-0.1, -0.05) is 12.1 Å². The lowest BCUT2D eigenvalue weighted by Crippen LogP contribution is -2.31. The van der Waals surface area contributed by atoms with Gasteiger partial charge in [-0.25, -0.2) is 0 Å². The zero-order valence-corrected chi connectivity index (χ0v) is 12.5. The van der Waals surface area contributed by atoms with Crippen LogP contribution in [0.25, 0.3) is 10.9 Å². The maximum Gasteiger partial charge on any atom is 0.252 e. The molecule has 4 nitrogen and oxygen atoms in total. The number of ether oxygens (including phenoxy) is 1. The van der Waals surface area contributed by atoms with Gasteiger partial charge in [0.2, 0.25) is 0 Å². The first-order valence-electron chi connectivity index (χ1n) is 6.69. The van der Waals surface area contributed by atoms with Crippen LogP contribution in [-0.2, 0) is 4.74 Å². The zero-order valence-electron chi connectivity index (χ0n) is 10.9. The average molecular weight is 335 g/mol. The van der Waals surface area contributed by atoms with Crippen LogP contribution in [0.5, 0.6) is 0 Å². The molecule has 1 saturated heterocycles. The lowest BCUT2D eigenvalue weighted by atomic mass is 10.1. The van der Waals surface area contributed by atoms with Crippen molar-refractivity contribution >= 4 is 32.7 Å². The van der Waals surface area contributed by atoms with Crippen molar-refractivity contribution in [2.45, 2.75) is 18.9 Å². The highest BCUT2D eigenvalue weighted by Gasteiger charge is 2.17. The molecule has 0 bridgehead atoms. The Hall–Kier alpha value is -1.46. The number of aromatic nitrogens is 1. The second kappa shape index (κ2) is 5.89. The molecule has 0 spiro atoms. The summed E-state index contributed by atoms with van der Waals surface area (Å²) in [6, 6.07) is 7.49. The molecule has 1 aromatic heterocycles. The van der Waals surface area contributed by atoms with Gasteiger partial charge in [0.05, 0.1) is 17.2 Å². The third kappa shape index (κ3) is 2.69. The maximum absolute atomic E-state index is 12.3.